The summed E-state index contributed by atoms with van der Waals surface area (Å²) in [5, 5.41) is 0. The van der Waals surface area contributed by atoms with Gasteiger partial charge in [0.2, 0.25) is 0 Å². The smallest absolute Gasteiger partial charge is 0.150 e. The molecule has 1 heterocycles. The highest BCUT2D eigenvalue weighted by Crippen LogP contribution is 2.16. The van der Waals surface area contributed by atoms with Gasteiger partial charge >= 0.3 is 0 Å². The zero-order valence-corrected chi connectivity index (χ0v) is 7.81. The Morgan fingerprint density at radius 1 is 1.36 bits per heavy atom. The van der Waals surface area contributed by atoms with Crippen molar-refractivity contribution in [1.29, 1.82) is 0 Å². The molecular weight excluding hydrogens is 180 g/mol. The molecule has 74 valence electrons. The molecule has 0 amide bonds. The van der Waals surface area contributed by atoms with Gasteiger partial charge in [0.15, 0.2) is 0 Å². The van der Waals surface area contributed by atoms with Crippen molar-refractivity contribution < 1.29 is 14.3 Å². The highest BCUT2D eigenvalue weighted by molar-refractivity contribution is 5.74. The third-order valence-electron chi connectivity index (χ3n) is 2.21. The number of rotatable bonds is 3. The van der Waals surface area contributed by atoms with Gasteiger partial charge in [-0.2, -0.15) is 0 Å². The highest BCUT2D eigenvalue weighted by atomic mass is 16.5. The van der Waals surface area contributed by atoms with Crippen LogP contribution in [0.2, 0.25) is 0 Å². The summed E-state index contributed by atoms with van der Waals surface area (Å²) in [5.74, 6) is 0.797. The predicted molar refractivity (Wildman–Crippen MR) is 51.7 cm³/mol. The number of hydrogen-bond donors (Lipinski definition) is 0. The highest BCUT2D eigenvalue weighted by Gasteiger charge is 2.16. The first kappa shape index (κ1) is 9.21. The Hall–Kier alpha value is -1.35. The average molecular weight is 192 g/mol. The van der Waals surface area contributed by atoms with E-state index in [0.717, 1.165) is 25.1 Å². The lowest BCUT2D eigenvalue weighted by atomic mass is 10.2. The summed E-state index contributed by atoms with van der Waals surface area (Å²) < 4.78 is 10.8. The first-order valence-electron chi connectivity index (χ1n) is 4.68. The normalized spacial score (nSPS) is 20.7. The molecule has 0 aliphatic carbocycles. The third kappa shape index (κ3) is 2.12. The van der Waals surface area contributed by atoms with Crippen molar-refractivity contribution in [1.82, 2.24) is 0 Å². The Balaban J connectivity index is 1.98. The largest absolute Gasteiger partial charge is 0.488 e. The summed E-state index contributed by atoms with van der Waals surface area (Å²) in [4.78, 5) is 10.4. The third-order valence-corrected chi connectivity index (χ3v) is 2.21. The molecule has 0 aromatic heterocycles. The lowest BCUT2D eigenvalue weighted by Gasteiger charge is -2.11. The van der Waals surface area contributed by atoms with E-state index in [1.807, 2.05) is 12.1 Å². The molecule has 1 aliphatic heterocycles. The quantitative estimate of drug-likeness (QED) is 0.683. The molecule has 3 heteroatoms. The second kappa shape index (κ2) is 4.24. The van der Waals surface area contributed by atoms with E-state index in [4.69, 9.17) is 9.47 Å². The van der Waals surface area contributed by atoms with Crippen LogP contribution < -0.4 is 4.74 Å². The molecule has 1 aromatic carbocycles. The van der Waals surface area contributed by atoms with Crippen LogP contribution in [0.25, 0.3) is 0 Å². The van der Waals surface area contributed by atoms with Crippen LogP contribution in [0.15, 0.2) is 24.3 Å². The van der Waals surface area contributed by atoms with E-state index in [0.29, 0.717) is 12.2 Å². The molecule has 1 aliphatic rings. The summed E-state index contributed by atoms with van der Waals surface area (Å²) in [6, 6.07) is 7.11. The Bertz CT molecular complexity index is 299. The van der Waals surface area contributed by atoms with Gasteiger partial charge in [-0.1, -0.05) is 0 Å². The van der Waals surface area contributed by atoms with E-state index in [9.17, 15) is 4.79 Å². The van der Waals surface area contributed by atoms with Crippen molar-refractivity contribution in [2.75, 3.05) is 13.2 Å². The van der Waals surface area contributed by atoms with Crippen LogP contribution in [0.1, 0.15) is 16.8 Å². The molecule has 1 saturated heterocycles. The fourth-order valence-corrected chi connectivity index (χ4v) is 1.42. The minimum absolute atomic E-state index is 0.164. The number of hydrogen-bond acceptors (Lipinski definition) is 3. The van der Waals surface area contributed by atoms with Gasteiger partial charge < -0.3 is 9.47 Å². The van der Waals surface area contributed by atoms with E-state index in [1.165, 1.54) is 0 Å². The molecule has 0 saturated carbocycles. The average Bonchev–Trinajstić information content (AvgIpc) is 2.72. The molecule has 0 spiro atoms. The first-order valence-corrected chi connectivity index (χ1v) is 4.68. The number of ether oxygens (including phenoxy) is 2. The van der Waals surface area contributed by atoms with Crippen LogP contribution in [-0.4, -0.2) is 25.6 Å². The van der Waals surface area contributed by atoms with Crippen molar-refractivity contribution in [2.24, 2.45) is 0 Å². The monoisotopic (exact) mass is 192 g/mol. The van der Waals surface area contributed by atoms with Crippen molar-refractivity contribution >= 4 is 6.29 Å². The zero-order valence-electron chi connectivity index (χ0n) is 7.81. The van der Waals surface area contributed by atoms with Gasteiger partial charge in [0, 0.05) is 12.0 Å². The maximum Gasteiger partial charge on any atom is 0.150 e. The number of benzene rings is 1. The molecular formula is C11H12O3. The molecule has 3 nitrogen and oxygen atoms in total. The van der Waals surface area contributed by atoms with Gasteiger partial charge in [-0.25, -0.2) is 0 Å². The second-order valence-corrected chi connectivity index (χ2v) is 3.29. The minimum Gasteiger partial charge on any atom is -0.488 e. The van der Waals surface area contributed by atoms with Gasteiger partial charge in [-0.05, 0) is 24.3 Å². The van der Waals surface area contributed by atoms with Crippen LogP contribution in [0.3, 0.4) is 0 Å². The standard InChI is InChI=1S/C11H12O3/c12-7-9-1-3-10(4-2-9)14-11-5-6-13-8-11/h1-4,7,11H,5-6,8H2/t11-/m1/s1. The Kier molecular flexibility index (Phi) is 2.79. The Morgan fingerprint density at radius 3 is 2.71 bits per heavy atom. The predicted octanol–water partition coefficient (Wildman–Crippen LogP) is 1.67. The van der Waals surface area contributed by atoms with Crippen LogP contribution in [0.5, 0.6) is 5.75 Å². The van der Waals surface area contributed by atoms with E-state index in [1.54, 1.807) is 12.1 Å². The van der Waals surface area contributed by atoms with Gasteiger partial charge in [0.25, 0.3) is 0 Å². The second-order valence-electron chi connectivity index (χ2n) is 3.29. The lowest BCUT2D eigenvalue weighted by Crippen LogP contribution is -2.15. The molecule has 1 fully saturated rings. The summed E-state index contributed by atoms with van der Waals surface area (Å²) in [6.07, 6.45) is 1.93. The number of aldehydes is 1. The lowest BCUT2D eigenvalue weighted by molar-refractivity contribution is 0.112. The van der Waals surface area contributed by atoms with Crippen LogP contribution in [-0.2, 0) is 4.74 Å². The van der Waals surface area contributed by atoms with Crippen molar-refractivity contribution in [2.45, 2.75) is 12.5 Å². The Labute approximate surface area is 82.6 Å². The zero-order chi connectivity index (χ0) is 9.80. The van der Waals surface area contributed by atoms with Crippen molar-refractivity contribution in [3.63, 3.8) is 0 Å². The molecule has 0 N–H and O–H groups in total. The maximum atomic E-state index is 10.4. The van der Waals surface area contributed by atoms with Crippen molar-refractivity contribution in [3.8, 4) is 5.75 Å². The SMILES string of the molecule is O=Cc1ccc(O[C@@H]2CCOC2)cc1. The van der Waals surface area contributed by atoms with Crippen LogP contribution in [0, 0.1) is 0 Å². The molecule has 1 atom stereocenters. The van der Waals surface area contributed by atoms with Crippen LogP contribution >= 0.6 is 0 Å². The summed E-state index contributed by atoms with van der Waals surface area (Å²) in [6.45, 7) is 1.44. The van der Waals surface area contributed by atoms with Gasteiger partial charge in [0.1, 0.15) is 18.1 Å². The summed E-state index contributed by atoms with van der Waals surface area (Å²) in [7, 11) is 0. The molecule has 0 bridgehead atoms. The summed E-state index contributed by atoms with van der Waals surface area (Å²) >= 11 is 0. The molecule has 2 rings (SSSR count). The topological polar surface area (TPSA) is 35.5 Å². The van der Waals surface area contributed by atoms with E-state index >= 15 is 0 Å². The van der Waals surface area contributed by atoms with Gasteiger partial charge in [0.05, 0.1) is 13.2 Å². The van der Waals surface area contributed by atoms with Gasteiger partial charge in [-0.15, -0.1) is 0 Å². The van der Waals surface area contributed by atoms with Crippen LogP contribution in [0.4, 0.5) is 0 Å². The van der Waals surface area contributed by atoms with E-state index < -0.39 is 0 Å². The number of carbonyl (C=O) groups is 1. The Morgan fingerprint density at radius 2 is 2.14 bits per heavy atom. The van der Waals surface area contributed by atoms with Gasteiger partial charge in [-0.3, -0.25) is 4.79 Å². The fraction of sp³-hybridized carbons (Fsp3) is 0.364. The first-order chi connectivity index (χ1) is 6.88. The molecule has 0 radical (unpaired) electrons. The summed E-state index contributed by atoms with van der Waals surface area (Å²) in [5.41, 5.74) is 0.667. The van der Waals surface area contributed by atoms with E-state index in [-0.39, 0.29) is 6.10 Å². The fourth-order valence-electron chi connectivity index (χ4n) is 1.42. The molecule has 14 heavy (non-hydrogen) atoms. The maximum absolute atomic E-state index is 10.4. The van der Waals surface area contributed by atoms with Crippen molar-refractivity contribution in [3.05, 3.63) is 29.8 Å². The minimum atomic E-state index is 0.164. The molecule has 1 aromatic rings. The number of carbonyl (C=O) groups excluding carboxylic acids is 1. The van der Waals surface area contributed by atoms with E-state index in [2.05, 4.69) is 0 Å². The molecule has 0 unspecified atom stereocenters.